The zero-order chi connectivity index (χ0) is 18.8. The van der Waals surface area contributed by atoms with Gasteiger partial charge in [-0.1, -0.05) is 0 Å². The molecule has 2 rings (SSSR count). The van der Waals surface area contributed by atoms with Crippen molar-refractivity contribution in [3.63, 3.8) is 0 Å². The molecule has 1 saturated heterocycles. The lowest BCUT2D eigenvalue weighted by molar-refractivity contribution is 0.0924. The highest BCUT2D eigenvalue weighted by Gasteiger charge is 2.23. The third-order valence-electron chi connectivity index (χ3n) is 4.03. The molecule has 0 unspecified atom stereocenters. The average molecular weight is 493 g/mol. The molecule has 1 aliphatic rings. The van der Waals surface area contributed by atoms with E-state index in [1.54, 1.807) is 31.0 Å². The number of piperidine rings is 1. The van der Waals surface area contributed by atoms with E-state index in [2.05, 4.69) is 20.9 Å². The van der Waals surface area contributed by atoms with Crippen LogP contribution in [-0.4, -0.2) is 68.7 Å². The van der Waals surface area contributed by atoms with Gasteiger partial charge in [-0.2, -0.15) is 0 Å². The second kappa shape index (κ2) is 12.4. The van der Waals surface area contributed by atoms with Gasteiger partial charge in [0.15, 0.2) is 11.7 Å². The van der Waals surface area contributed by atoms with Crippen LogP contribution in [0.3, 0.4) is 0 Å². The quantitative estimate of drug-likeness (QED) is 0.240. The van der Waals surface area contributed by atoms with Crippen LogP contribution < -0.4 is 16.0 Å². The molecule has 0 radical (unpaired) electrons. The summed E-state index contributed by atoms with van der Waals surface area (Å²) in [4.78, 5) is 29.4. The van der Waals surface area contributed by atoms with E-state index in [-0.39, 0.29) is 42.0 Å². The molecular formula is C17H28IN5O4. The molecular weight excluding hydrogens is 465 g/mol. The first-order valence-electron chi connectivity index (χ1n) is 8.84. The first-order chi connectivity index (χ1) is 12.6. The molecule has 0 aliphatic carbocycles. The first kappa shape index (κ1) is 23.1. The van der Waals surface area contributed by atoms with E-state index in [9.17, 15) is 9.59 Å². The van der Waals surface area contributed by atoms with Gasteiger partial charge >= 0.3 is 6.09 Å². The van der Waals surface area contributed by atoms with Gasteiger partial charge in [0, 0.05) is 39.3 Å². The van der Waals surface area contributed by atoms with Crippen molar-refractivity contribution in [2.24, 2.45) is 4.99 Å². The Balaban J connectivity index is 0.00000364. The number of likely N-dealkylation sites (tertiary alicyclic amines) is 1. The summed E-state index contributed by atoms with van der Waals surface area (Å²) in [6, 6.07) is 3.53. The second-order valence-corrected chi connectivity index (χ2v) is 5.84. The monoisotopic (exact) mass is 493 g/mol. The van der Waals surface area contributed by atoms with Gasteiger partial charge < -0.3 is 30.0 Å². The minimum absolute atomic E-state index is 0. The maximum absolute atomic E-state index is 11.7. The van der Waals surface area contributed by atoms with E-state index in [1.165, 1.54) is 6.26 Å². The number of amides is 2. The Hall–Kier alpha value is -1.98. The van der Waals surface area contributed by atoms with Crippen LogP contribution >= 0.6 is 24.0 Å². The van der Waals surface area contributed by atoms with Gasteiger partial charge in [-0.05, 0) is 31.9 Å². The van der Waals surface area contributed by atoms with Gasteiger partial charge in [-0.3, -0.25) is 9.79 Å². The first-order valence-corrected chi connectivity index (χ1v) is 8.84. The van der Waals surface area contributed by atoms with Crippen molar-refractivity contribution in [2.75, 3.05) is 39.8 Å². The molecule has 3 N–H and O–H groups in total. The van der Waals surface area contributed by atoms with E-state index in [0.29, 0.717) is 44.5 Å². The molecule has 0 atom stereocenters. The summed E-state index contributed by atoms with van der Waals surface area (Å²) < 4.78 is 10.1. The minimum Gasteiger partial charge on any atom is -0.459 e. The number of hydrogen-bond acceptors (Lipinski definition) is 5. The predicted octanol–water partition coefficient (Wildman–Crippen LogP) is 1.41. The largest absolute Gasteiger partial charge is 0.459 e. The molecule has 9 nitrogen and oxygen atoms in total. The molecule has 2 amide bonds. The van der Waals surface area contributed by atoms with Crippen molar-refractivity contribution in [2.45, 2.75) is 25.8 Å². The van der Waals surface area contributed by atoms with E-state index in [0.717, 1.165) is 12.8 Å². The van der Waals surface area contributed by atoms with Crippen LogP contribution in [0.5, 0.6) is 0 Å². The van der Waals surface area contributed by atoms with Crippen LogP contribution in [0.4, 0.5) is 4.79 Å². The van der Waals surface area contributed by atoms with Crippen LogP contribution in [-0.2, 0) is 4.74 Å². The normalized spacial score (nSPS) is 14.9. The highest BCUT2D eigenvalue weighted by Crippen LogP contribution is 2.11. The Labute approximate surface area is 176 Å². The topological polar surface area (TPSA) is 108 Å². The van der Waals surface area contributed by atoms with Gasteiger partial charge in [0.25, 0.3) is 5.91 Å². The number of aliphatic imine (C=N–C) groups is 1. The number of rotatable bonds is 6. The smallest absolute Gasteiger partial charge is 0.409 e. The number of nitrogens with one attached hydrogen (secondary N) is 3. The Morgan fingerprint density at radius 1 is 1.30 bits per heavy atom. The van der Waals surface area contributed by atoms with Gasteiger partial charge in [0.05, 0.1) is 12.9 Å². The number of nitrogens with zero attached hydrogens (tertiary/aromatic N) is 2. The fraction of sp³-hybridized carbons (Fsp3) is 0.588. The van der Waals surface area contributed by atoms with Crippen LogP contribution in [0.2, 0.25) is 0 Å². The van der Waals surface area contributed by atoms with Gasteiger partial charge in [-0.25, -0.2) is 4.79 Å². The van der Waals surface area contributed by atoms with Crippen molar-refractivity contribution in [3.8, 4) is 0 Å². The molecule has 1 aromatic heterocycles. The zero-order valence-corrected chi connectivity index (χ0v) is 18.0. The number of hydrogen-bond donors (Lipinski definition) is 3. The third kappa shape index (κ3) is 7.65. The summed E-state index contributed by atoms with van der Waals surface area (Å²) in [5.41, 5.74) is 0. The number of carbonyl (C=O) groups excluding carboxylic acids is 2. The standard InChI is InChI=1S/C17H27N5O4.HI/c1-3-25-17(24)22-10-6-13(7-11-22)21-16(18-2)20-9-8-19-15(23)14-5-4-12-26-14;/h4-5,12-13H,3,6-11H2,1-2H3,(H,19,23)(H2,18,20,21);1H. The molecule has 1 aliphatic heterocycles. The molecule has 10 heteroatoms. The maximum atomic E-state index is 11.7. The Kier molecular flexibility index (Phi) is 10.6. The van der Waals surface area contributed by atoms with E-state index >= 15 is 0 Å². The molecule has 0 saturated carbocycles. The number of ether oxygens (including phenoxy) is 1. The number of guanidine groups is 1. The van der Waals surface area contributed by atoms with Gasteiger partial charge in [0.2, 0.25) is 0 Å². The fourth-order valence-corrected chi connectivity index (χ4v) is 2.66. The molecule has 1 fully saturated rings. The summed E-state index contributed by atoms with van der Waals surface area (Å²) in [5.74, 6) is 0.721. The number of carbonyl (C=O) groups is 2. The molecule has 152 valence electrons. The van der Waals surface area contributed by atoms with Crippen LogP contribution in [0.15, 0.2) is 27.8 Å². The van der Waals surface area contributed by atoms with Crippen molar-refractivity contribution >= 4 is 41.9 Å². The second-order valence-electron chi connectivity index (χ2n) is 5.84. The molecule has 0 aromatic carbocycles. The third-order valence-corrected chi connectivity index (χ3v) is 4.03. The van der Waals surface area contributed by atoms with E-state index < -0.39 is 0 Å². The SMILES string of the molecule is CCOC(=O)N1CCC(NC(=NC)NCCNC(=O)c2ccco2)CC1.I. The highest BCUT2D eigenvalue weighted by atomic mass is 127. The summed E-state index contributed by atoms with van der Waals surface area (Å²) in [7, 11) is 1.70. The summed E-state index contributed by atoms with van der Waals surface area (Å²) in [5, 5.41) is 9.26. The average Bonchev–Trinajstić information content (AvgIpc) is 3.19. The molecule has 0 bridgehead atoms. The summed E-state index contributed by atoms with van der Waals surface area (Å²) in [6.45, 7) is 4.50. The Morgan fingerprint density at radius 3 is 2.59 bits per heavy atom. The highest BCUT2D eigenvalue weighted by molar-refractivity contribution is 14.0. The summed E-state index contributed by atoms with van der Waals surface area (Å²) in [6.07, 6.45) is 2.87. The molecule has 27 heavy (non-hydrogen) atoms. The van der Waals surface area contributed by atoms with Crippen LogP contribution in [0, 0.1) is 0 Å². The summed E-state index contributed by atoms with van der Waals surface area (Å²) >= 11 is 0. The lowest BCUT2D eigenvalue weighted by Crippen LogP contribution is -2.50. The number of furan rings is 1. The predicted molar refractivity (Wildman–Crippen MR) is 113 cm³/mol. The Bertz CT molecular complexity index is 600. The van der Waals surface area contributed by atoms with Crippen molar-refractivity contribution in [1.82, 2.24) is 20.9 Å². The van der Waals surface area contributed by atoms with Crippen LogP contribution in [0.25, 0.3) is 0 Å². The lowest BCUT2D eigenvalue weighted by Gasteiger charge is -2.32. The van der Waals surface area contributed by atoms with Crippen LogP contribution in [0.1, 0.15) is 30.3 Å². The van der Waals surface area contributed by atoms with Crippen molar-refractivity contribution < 1.29 is 18.7 Å². The number of halogens is 1. The molecule has 0 spiro atoms. The van der Waals surface area contributed by atoms with E-state index in [1.807, 2.05) is 0 Å². The van der Waals surface area contributed by atoms with Gasteiger partial charge in [0.1, 0.15) is 0 Å². The zero-order valence-electron chi connectivity index (χ0n) is 15.7. The van der Waals surface area contributed by atoms with E-state index in [4.69, 9.17) is 9.15 Å². The van der Waals surface area contributed by atoms with Gasteiger partial charge in [-0.15, -0.1) is 24.0 Å². The molecule has 1 aromatic rings. The lowest BCUT2D eigenvalue weighted by atomic mass is 10.1. The minimum atomic E-state index is -0.249. The molecule has 2 heterocycles. The van der Waals surface area contributed by atoms with Crippen molar-refractivity contribution in [1.29, 1.82) is 0 Å². The fourth-order valence-electron chi connectivity index (χ4n) is 2.66. The maximum Gasteiger partial charge on any atom is 0.409 e. The Morgan fingerprint density at radius 2 is 2.00 bits per heavy atom. The van der Waals surface area contributed by atoms with Crippen molar-refractivity contribution in [3.05, 3.63) is 24.2 Å².